The van der Waals surface area contributed by atoms with Crippen molar-refractivity contribution in [1.29, 1.82) is 0 Å². The summed E-state index contributed by atoms with van der Waals surface area (Å²) in [5.41, 5.74) is 1.91. The number of carbonyl (C=O) groups is 1. The number of nitrogens with zero attached hydrogens (tertiary/aromatic N) is 1. The molecule has 22 heavy (non-hydrogen) atoms. The van der Waals surface area contributed by atoms with Gasteiger partial charge in [0.2, 0.25) is 0 Å². The molecule has 1 heterocycles. The quantitative estimate of drug-likeness (QED) is 0.774. The number of fused-ring (bicyclic) bond motifs is 1. The second-order valence-electron chi connectivity index (χ2n) is 4.93. The van der Waals surface area contributed by atoms with Crippen molar-refractivity contribution in [3.05, 3.63) is 71.4 Å². The Morgan fingerprint density at radius 1 is 1.00 bits per heavy atom. The highest BCUT2D eigenvalue weighted by Crippen LogP contribution is 2.21. The molecule has 0 fully saturated rings. The monoisotopic (exact) mass is 298 g/mol. The maximum absolute atomic E-state index is 13.3. The van der Waals surface area contributed by atoms with E-state index in [0.29, 0.717) is 27.8 Å². The molecule has 2 aromatic carbocycles. The number of hydrogen-bond acceptors (Lipinski definition) is 2. The van der Waals surface area contributed by atoms with Crippen molar-refractivity contribution >= 4 is 22.5 Å². The molecule has 0 aliphatic heterocycles. The molecule has 0 radical (unpaired) electrons. The van der Waals surface area contributed by atoms with E-state index < -0.39 is 5.82 Å². The smallest absolute Gasteiger partial charge is 0.256 e. The Bertz CT molecular complexity index is 855. The lowest BCUT2D eigenvalue weighted by molar-refractivity contribution is 0.102. The van der Waals surface area contributed by atoms with Crippen LogP contribution in [0.4, 0.5) is 14.5 Å². The van der Waals surface area contributed by atoms with Crippen LogP contribution in [0.3, 0.4) is 0 Å². The maximum Gasteiger partial charge on any atom is 0.256 e. The maximum atomic E-state index is 13.3. The summed E-state index contributed by atoms with van der Waals surface area (Å²) in [6.07, 6.45) is 0. The molecular weight excluding hydrogens is 286 g/mol. The predicted molar refractivity (Wildman–Crippen MR) is 80.8 cm³/mol. The standard InChI is InChI=1S/C17H12F2N2O/c1-10-8-15(14-7-4-12(19)9-16(14)20-10)17(22)21-13-5-2-11(18)3-6-13/h2-9H,1H3,(H,21,22). The molecule has 0 bridgehead atoms. The van der Waals surface area contributed by atoms with E-state index in [2.05, 4.69) is 10.3 Å². The summed E-state index contributed by atoms with van der Waals surface area (Å²) in [6.45, 7) is 1.74. The Balaban J connectivity index is 2.01. The van der Waals surface area contributed by atoms with E-state index in [9.17, 15) is 13.6 Å². The summed E-state index contributed by atoms with van der Waals surface area (Å²) in [5, 5.41) is 3.25. The molecular formula is C17H12F2N2O. The van der Waals surface area contributed by atoms with E-state index >= 15 is 0 Å². The Morgan fingerprint density at radius 2 is 1.68 bits per heavy atom. The lowest BCUT2D eigenvalue weighted by Crippen LogP contribution is -2.13. The molecule has 5 heteroatoms. The molecule has 3 rings (SSSR count). The molecule has 0 aliphatic carbocycles. The van der Waals surface area contributed by atoms with E-state index in [4.69, 9.17) is 0 Å². The van der Waals surface area contributed by atoms with Crippen LogP contribution in [-0.4, -0.2) is 10.9 Å². The minimum Gasteiger partial charge on any atom is -0.322 e. The summed E-state index contributed by atoms with van der Waals surface area (Å²) in [4.78, 5) is 16.7. The molecule has 1 amide bonds. The molecule has 0 saturated carbocycles. The van der Waals surface area contributed by atoms with Gasteiger partial charge in [0.15, 0.2) is 0 Å². The van der Waals surface area contributed by atoms with E-state index in [1.807, 2.05) is 0 Å². The fourth-order valence-electron chi connectivity index (χ4n) is 2.25. The summed E-state index contributed by atoms with van der Waals surface area (Å²) < 4.78 is 26.2. The number of carbonyl (C=O) groups excluding carboxylic acids is 1. The zero-order valence-electron chi connectivity index (χ0n) is 11.7. The van der Waals surface area contributed by atoms with Crippen LogP contribution in [-0.2, 0) is 0 Å². The highest BCUT2D eigenvalue weighted by Gasteiger charge is 2.13. The number of amides is 1. The van der Waals surface area contributed by atoms with Crippen LogP contribution in [0.25, 0.3) is 10.9 Å². The van der Waals surface area contributed by atoms with Gasteiger partial charge in [-0.15, -0.1) is 0 Å². The first kappa shape index (κ1) is 14.1. The summed E-state index contributed by atoms with van der Waals surface area (Å²) in [6, 6.07) is 11.2. The first-order valence-corrected chi connectivity index (χ1v) is 6.67. The van der Waals surface area contributed by atoms with Gasteiger partial charge in [0, 0.05) is 22.8 Å². The van der Waals surface area contributed by atoms with E-state index in [-0.39, 0.29) is 11.7 Å². The first-order valence-electron chi connectivity index (χ1n) is 6.67. The van der Waals surface area contributed by atoms with Crippen LogP contribution in [0.15, 0.2) is 48.5 Å². The third-order valence-electron chi connectivity index (χ3n) is 3.25. The van der Waals surface area contributed by atoms with Crippen LogP contribution in [0.5, 0.6) is 0 Å². The van der Waals surface area contributed by atoms with Crippen molar-refractivity contribution in [2.75, 3.05) is 5.32 Å². The van der Waals surface area contributed by atoms with Crippen LogP contribution in [0.2, 0.25) is 0 Å². The zero-order chi connectivity index (χ0) is 15.7. The Morgan fingerprint density at radius 3 is 2.41 bits per heavy atom. The van der Waals surface area contributed by atoms with Gasteiger partial charge in [-0.2, -0.15) is 0 Å². The Kier molecular flexibility index (Phi) is 3.55. The number of pyridine rings is 1. The van der Waals surface area contributed by atoms with E-state index in [1.54, 1.807) is 13.0 Å². The number of rotatable bonds is 2. The number of nitrogens with one attached hydrogen (secondary N) is 1. The van der Waals surface area contributed by atoms with E-state index in [0.717, 1.165) is 0 Å². The van der Waals surface area contributed by atoms with Gasteiger partial charge in [0.05, 0.1) is 11.1 Å². The zero-order valence-corrected chi connectivity index (χ0v) is 11.7. The first-order chi connectivity index (χ1) is 10.5. The van der Waals surface area contributed by atoms with Crippen LogP contribution < -0.4 is 5.32 Å². The Hall–Kier alpha value is -2.82. The average molecular weight is 298 g/mol. The van der Waals surface area contributed by atoms with Crippen molar-refractivity contribution in [2.24, 2.45) is 0 Å². The molecule has 0 spiro atoms. The number of anilines is 1. The topological polar surface area (TPSA) is 42.0 Å². The van der Waals surface area contributed by atoms with Crippen LogP contribution in [0, 0.1) is 18.6 Å². The van der Waals surface area contributed by atoms with Gasteiger partial charge in [-0.1, -0.05) is 0 Å². The van der Waals surface area contributed by atoms with Crippen molar-refractivity contribution in [3.63, 3.8) is 0 Å². The van der Waals surface area contributed by atoms with Gasteiger partial charge in [-0.05, 0) is 49.4 Å². The molecule has 0 saturated heterocycles. The number of aryl methyl sites for hydroxylation is 1. The van der Waals surface area contributed by atoms with Gasteiger partial charge in [0.1, 0.15) is 11.6 Å². The molecule has 0 unspecified atom stereocenters. The second-order valence-corrected chi connectivity index (χ2v) is 4.93. The molecule has 3 aromatic rings. The fraction of sp³-hybridized carbons (Fsp3) is 0.0588. The second kappa shape index (κ2) is 5.52. The largest absolute Gasteiger partial charge is 0.322 e. The molecule has 0 aliphatic rings. The summed E-state index contributed by atoms with van der Waals surface area (Å²) in [7, 11) is 0. The summed E-state index contributed by atoms with van der Waals surface area (Å²) >= 11 is 0. The predicted octanol–water partition coefficient (Wildman–Crippen LogP) is 4.07. The van der Waals surface area contributed by atoms with Crippen molar-refractivity contribution in [1.82, 2.24) is 4.98 Å². The normalized spacial score (nSPS) is 10.7. The molecule has 1 aromatic heterocycles. The molecule has 1 N–H and O–H groups in total. The number of aromatic nitrogens is 1. The molecule has 0 atom stereocenters. The van der Waals surface area contributed by atoms with Crippen LogP contribution in [0.1, 0.15) is 16.1 Å². The third kappa shape index (κ3) is 2.79. The fourth-order valence-corrected chi connectivity index (χ4v) is 2.25. The lowest BCUT2D eigenvalue weighted by Gasteiger charge is -2.09. The molecule has 3 nitrogen and oxygen atoms in total. The number of halogens is 2. The Labute approximate surface area is 125 Å². The average Bonchev–Trinajstić information content (AvgIpc) is 2.48. The van der Waals surface area contributed by atoms with Crippen molar-refractivity contribution in [2.45, 2.75) is 6.92 Å². The van der Waals surface area contributed by atoms with Gasteiger partial charge >= 0.3 is 0 Å². The number of hydrogen-bond donors (Lipinski definition) is 1. The van der Waals surface area contributed by atoms with Crippen molar-refractivity contribution < 1.29 is 13.6 Å². The summed E-state index contributed by atoms with van der Waals surface area (Å²) in [5.74, 6) is -1.14. The van der Waals surface area contributed by atoms with E-state index in [1.165, 1.54) is 42.5 Å². The van der Waals surface area contributed by atoms with Crippen LogP contribution >= 0.6 is 0 Å². The minimum absolute atomic E-state index is 0.353. The highest BCUT2D eigenvalue weighted by molar-refractivity contribution is 6.12. The van der Waals surface area contributed by atoms with Gasteiger partial charge < -0.3 is 5.32 Å². The minimum atomic E-state index is -0.407. The lowest BCUT2D eigenvalue weighted by atomic mass is 10.1. The van der Waals surface area contributed by atoms with Crippen molar-refractivity contribution in [3.8, 4) is 0 Å². The van der Waals surface area contributed by atoms with Gasteiger partial charge in [-0.25, -0.2) is 8.78 Å². The van der Waals surface area contributed by atoms with Gasteiger partial charge in [-0.3, -0.25) is 9.78 Å². The highest BCUT2D eigenvalue weighted by atomic mass is 19.1. The molecule has 110 valence electrons. The SMILES string of the molecule is Cc1cc(C(=O)Nc2ccc(F)cc2)c2ccc(F)cc2n1. The third-order valence-corrected chi connectivity index (χ3v) is 3.25. The number of benzene rings is 2. The van der Waals surface area contributed by atoms with Gasteiger partial charge in [0.25, 0.3) is 5.91 Å².